The fourth-order valence-electron chi connectivity index (χ4n) is 1.38. The average molecular weight is 260 g/mol. The zero-order valence-corrected chi connectivity index (χ0v) is 10.5. The molecule has 0 aliphatic carbocycles. The van der Waals surface area contributed by atoms with Crippen LogP contribution >= 0.6 is 35.1 Å². The number of carbonyl (C=O) groups is 1. The fraction of sp³-hybridized carbons (Fsp3) is 0.300. The summed E-state index contributed by atoms with van der Waals surface area (Å²) in [5.74, 6) is -0.0961. The van der Waals surface area contributed by atoms with Crippen molar-refractivity contribution in [1.82, 2.24) is 5.32 Å². The van der Waals surface area contributed by atoms with Gasteiger partial charge in [-0.3, -0.25) is 4.79 Å². The summed E-state index contributed by atoms with van der Waals surface area (Å²) in [5, 5.41) is 2.85. The second-order valence-electron chi connectivity index (χ2n) is 3.12. The summed E-state index contributed by atoms with van der Waals surface area (Å²) in [6.45, 7) is 0. The third kappa shape index (κ3) is 2.44. The maximum atomic E-state index is 11.2. The van der Waals surface area contributed by atoms with Crippen molar-refractivity contribution in [3.05, 3.63) is 29.8 Å². The number of nitrogens with one attached hydrogen (secondary N) is 1. The highest BCUT2D eigenvalue weighted by atomic mass is 35.5. The van der Waals surface area contributed by atoms with Crippen molar-refractivity contribution in [1.29, 1.82) is 0 Å². The Hall–Kier alpha value is -0.320. The smallest absolute Gasteiger partial charge is 0.249 e. The van der Waals surface area contributed by atoms with Crippen LogP contribution in [0.4, 0.5) is 0 Å². The Kier molecular flexibility index (Phi) is 3.49. The van der Waals surface area contributed by atoms with Crippen LogP contribution in [0.15, 0.2) is 29.2 Å². The van der Waals surface area contributed by atoms with Gasteiger partial charge in [0.2, 0.25) is 5.91 Å². The van der Waals surface area contributed by atoms with E-state index < -0.39 is 4.71 Å². The molecule has 2 rings (SSSR count). The highest BCUT2D eigenvalue weighted by molar-refractivity contribution is 8.02. The first-order valence-corrected chi connectivity index (χ1v) is 7.05. The van der Waals surface area contributed by atoms with Gasteiger partial charge in [0.05, 0.1) is 0 Å². The van der Waals surface area contributed by atoms with E-state index in [1.807, 2.05) is 24.5 Å². The number of halogens is 1. The van der Waals surface area contributed by atoms with Crippen molar-refractivity contribution in [3.8, 4) is 0 Å². The molecule has 5 heteroatoms. The van der Waals surface area contributed by atoms with Crippen molar-refractivity contribution in [2.45, 2.75) is 15.0 Å². The topological polar surface area (TPSA) is 29.1 Å². The molecule has 0 bridgehead atoms. The van der Waals surface area contributed by atoms with Gasteiger partial charge in [0.15, 0.2) is 4.71 Å². The first kappa shape index (κ1) is 11.2. The van der Waals surface area contributed by atoms with Crippen LogP contribution in [-0.2, 0) is 4.79 Å². The molecule has 15 heavy (non-hydrogen) atoms. The van der Waals surface area contributed by atoms with Crippen molar-refractivity contribution < 1.29 is 4.79 Å². The third-order valence-corrected chi connectivity index (χ3v) is 4.48. The number of thioether (sulfide) groups is 2. The van der Waals surface area contributed by atoms with E-state index in [-0.39, 0.29) is 11.3 Å². The molecule has 1 N–H and O–H groups in total. The normalized spacial score (nSPS) is 25.3. The minimum Gasteiger partial charge on any atom is -0.338 e. The van der Waals surface area contributed by atoms with Crippen molar-refractivity contribution in [2.24, 2.45) is 0 Å². The highest BCUT2D eigenvalue weighted by Crippen LogP contribution is 2.38. The van der Waals surface area contributed by atoms with E-state index in [1.165, 1.54) is 16.7 Å². The highest BCUT2D eigenvalue weighted by Gasteiger charge is 2.31. The van der Waals surface area contributed by atoms with E-state index >= 15 is 0 Å². The largest absolute Gasteiger partial charge is 0.338 e. The quantitative estimate of drug-likeness (QED) is 0.654. The van der Waals surface area contributed by atoms with Crippen LogP contribution in [0, 0.1) is 0 Å². The van der Waals surface area contributed by atoms with Crippen LogP contribution in [0.1, 0.15) is 10.9 Å². The summed E-state index contributed by atoms with van der Waals surface area (Å²) in [5.41, 5.74) is 1.10. The van der Waals surface area contributed by atoms with Crippen molar-refractivity contribution in [3.63, 3.8) is 0 Å². The standard InChI is InChI=1S/C10H10ClNOS2/c1-14-7-4-2-3-6(5-7)10-12-9(13)8(11)15-10/h2-5,8,10H,1H3,(H,12,13). The molecule has 2 nitrogen and oxygen atoms in total. The number of carbonyl (C=O) groups excluding carboxylic acids is 1. The summed E-state index contributed by atoms with van der Waals surface area (Å²) in [7, 11) is 0. The molecule has 1 aliphatic rings. The van der Waals surface area contributed by atoms with Gasteiger partial charge in [-0.1, -0.05) is 12.1 Å². The molecule has 1 aromatic carbocycles. The second kappa shape index (κ2) is 4.68. The Bertz CT molecular complexity index is 385. The Labute approximate surface area is 102 Å². The molecule has 2 unspecified atom stereocenters. The Balaban J connectivity index is 2.19. The van der Waals surface area contributed by atoms with Gasteiger partial charge < -0.3 is 5.32 Å². The van der Waals surface area contributed by atoms with Gasteiger partial charge >= 0.3 is 0 Å². The summed E-state index contributed by atoms with van der Waals surface area (Å²) >= 11 is 8.96. The molecule has 1 saturated heterocycles. The minimum atomic E-state index is -0.465. The molecule has 80 valence electrons. The van der Waals surface area contributed by atoms with Gasteiger partial charge in [-0.25, -0.2) is 0 Å². The van der Waals surface area contributed by atoms with E-state index in [0.29, 0.717) is 0 Å². The minimum absolute atomic E-state index is 0.00731. The first-order valence-electron chi connectivity index (χ1n) is 4.44. The van der Waals surface area contributed by atoms with Crippen LogP contribution in [0.2, 0.25) is 0 Å². The van der Waals surface area contributed by atoms with Crippen LogP contribution in [0.5, 0.6) is 0 Å². The predicted molar refractivity (Wildman–Crippen MR) is 66.3 cm³/mol. The Morgan fingerprint density at radius 3 is 2.93 bits per heavy atom. The van der Waals surface area contributed by atoms with E-state index in [0.717, 1.165) is 5.56 Å². The molecule has 2 atom stereocenters. The van der Waals surface area contributed by atoms with E-state index in [4.69, 9.17) is 11.6 Å². The SMILES string of the molecule is CSc1cccc(C2NC(=O)C(Cl)S2)c1. The number of hydrogen-bond donors (Lipinski definition) is 1. The van der Waals surface area contributed by atoms with Gasteiger partial charge in [-0.05, 0) is 24.0 Å². The number of benzene rings is 1. The maximum absolute atomic E-state index is 11.2. The van der Waals surface area contributed by atoms with Gasteiger partial charge in [-0.2, -0.15) is 0 Å². The second-order valence-corrected chi connectivity index (χ2v) is 5.91. The Morgan fingerprint density at radius 2 is 2.33 bits per heavy atom. The van der Waals surface area contributed by atoms with Gasteiger partial charge in [0.25, 0.3) is 0 Å². The molecule has 0 radical (unpaired) electrons. The fourth-order valence-corrected chi connectivity index (χ4v) is 3.14. The number of rotatable bonds is 2. The number of alkyl halides is 1. The summed E-state index contributed by atoms with van der Waals surface area (Å²) < 4.78 is -0.465. The zero-order valence-electron chi connectivity index (χ0n) is 8.07. The number of hydrogen-bond acceptors (Lipinski definition) is 3. The number of amides is 1. The third-order valence-electron chi connectivity index (χ3n) is 2.13. The van der Waals surface area contributed by atoms with Crippen LogP contribution in [-0.4, -0.2) is 16.9 Å². The van der Waals surface area contributed by atoms with Crippen LogP contribution in [0.25, 0.3) is 0 Å². The summed E-state index contributed by atoms with van der Waals surface area (Å²) in [6, 6.07) is 8.13. The van der Waals surface area contributed by atoms with E-state index in [1.54, 1.807) is 11.8 Å². The van der Waals surface area contributed by atoms with E-state index in [9.17, 15) is 4.79 Å². The molecule has 1 amide bonds. The predicted octanol–water partition coefficient (Wildman–Crippen LogP) is 2.84. The lowest BCUT2D eigenvalue weighted by Gasteiger charge is -2.10. The van der Waals surface area contributed by atoms with Crippen molar-refractivity contribution >= 4 is 41.0 Å². The molecule has 0 aromatic heterocycles. The van der Waals surface area contributed by atoms with Crippen LogP contribution < -0.4 is 5.32 Å². The summed E-state index contributed by atoms with van der Waals surface area (Å²) in [4.78, 5) is 12.4. The summed E-state index contributed by atoms with van der Waals surface area (Å²) in [6.07, 6.45) is 2.03. The average Bonchev–Trinajstić information content (AvgIpc) is 2.59. The lowest BCUT2D eigenvalue weighted by atomic mass is 10.2. The molecular weight excluding hydrogens is 250 g/mol. The van der Waals surface area contributed by atoms with Crippen molar-refractivity contribution in [2.75, 3.05) is 6.26 Å². The molecule has 1 aromatic rings. The van der Waals surface area contributed by atoms with Gasteiger partial charge in [-0.15, -0.1) is 35.1 Å². The zero-order chi connectivity index (χ0) is 10.8. The van der Waals surface area contributed by atoms with Gasteiger partial charge in [0, 0.05) is 4.90 Å². The molecule has 0 saturated carbocycles. The molecule has 1 heterocycles. The molecule has 1 aliphatic heterocycles. The van der Waals surface area contributed by atoms with Crippen LogP contribution in [0.3, 0.4) is 0 Å². The van der Waals surface area contributed by atoms with Gasteiger partial charge in [0.1, 0.15) is 5.37 Å². The molecule has 0 spiro atoms. The molecule has 1 fully saturated rings. The maximum Gasteiger partial charge on any atom is 0.249 e. The molecular formula is C10H10ClNOS2. The monoisotopic (exact) mass is 259 g/mol. The lowest BCUT2D eigenvalue weighted by Crippen LogP contribution is -2.21. The lowest BCUT2D eigenvalue weighted by molar-refractivity contribution is -0.118. The van der Waals surface area contributed by atoms with E-state index in [2.05, 4.69) is 11.4 Å². The Morgan fingerprint density at radius 1 is 1.53 bits per heavy atom. The first-order chi connectivity index (χ1) is 7.20.